The van der Waals surface area contributed by atoms with Gasteiger partial charge in [-0.05, 0) is 48.4 Å². The molecule has 2 aromatic carbocycles. The van der Waals surface area contributed by atoms with E-state index in [1.807, 2.05) is 0 Å². The van der Waals surface area contributed by atoms with Crippen LogP contribution in [0.2, 0.25) is 0 Å². The molecule has 0 aliphatic carbocycles. The lowest BCUT2D eigenvalue weighted by Gasteiger charge is -2.29. The number of nitrogens with zero attached hydrogens (tertiary/aromatic N) is 4. The molecule has 0 amide bonds. The van der Waals surface area contributed by atoms with E-state index in [1.165, 1.54) is 16.7 Å². The van der Waals surface area contributed by atoms with Crippen molar-refractivity contribution in [2.24, 2.45) is 7.05 Å². The van der Waals surface area contributed by atoms with E-state index in [9.17, 15) is 14.4 Å². The van der Waals surface area contributed by atoms with Crippen LogP contribution >= 0.6 is 0 Å². The average molecular weight is 450 g/mol. The second-order valence-corrected chi connectivity index (χ2v) is 7.64. The van der Waals surface area contributed by atoms with Crippen LogP contribution in [0.4, 0.5) is 10.2 Å². The van der Waals surface area contributed by atoms with E-state index in [0.29, 0.717) is 60.3 Å². The minimum Gasteiger partial charge on any atom is -0.473 e. The summed E-state index contributed by atoms with van der Waals surface area (Å²) in [6.45, 7) is 4.30. The first kappa shape index (κ1) is 22.3. The smallest absolute Gasteiger partial charge is 0.352 e. The number of ether oxygens (including phenoxy) is 3. The Hall–Kier alpha value is -3.90. The Morgan fingerprint density at radius 3 is 2.70 bits per heavy atom. The van der Waals surface area contributed by atoms with Crippen molar-refractivity contribution in [1.82, 2.24) is 9.55 Å². The molecule has 0 unspecified atom stereocenters. The summed E-state index contributed by atoms with van der Waals surface area (Å²) in [5, 5.41) is 9.55. The number of benzene rings is 2. The highest BCUT2D eigenvalue weighted by Crippen LogP contribution is 2.28. The Bertz CT molecular complexity index is 1260. The van der Waals surface area contributed by atoms with Crippen LogP contribution in [0, 0.1) is 24.1 Å². The Morgan fingerprint density at radius 2 is 1.97 bits per heavy atom. The number of hydrogen-bond donors (Lipinski definition) is 0. The molecule has 3 aromatic rings. The summed E-state index contributed by atoms with van der Waals surface area (Å²) in [6.07, 6.45) is 0. The van der Waals surface area contributed by atoms with Crippen LogP contribution in [-0.4, -0.2) is 35.9 Å². The molecule has 4 rings (SSSR count). The normalized spacial score (nSPS) is 13.5. The minimum absolute atomic E-state index is 0.118. The average Bonchev–Trinajstić information content (AvgIpc) is 2.83. The van der Waals surface area contributed by atoms with Gasteiger partial charge in [-0.1, -0.05) is 6.07 Å². The molecule has 0 saturated carbocycles. The van der Waals surface area contributed by atoms with Gasteiger partial charge in [-0.15, -0.1) is 0 Å². The van der Waals surface area contributed by atoms with E-state index >= 15 is 0 Å². The lowest BCUT2D eigenvalue weighted by molar-refractivity contribution is 0.122. The van der Waals surface area contributed by atoms with Crippen LogP contribution in [0.3, 0.4) is 0 Å². The van der Waals surface area contributed by atoms with Crippen molar-refractivity contribution < 1.29 is 18.6 Å². The van der Waals surface area contributed by atoms with Crippen molar-refractivity contribution in [2.45, 2.75) is 13.5 Å². The Labute approximate surface area is 190 Å². The monoisotopic (exact) mass is 450 g/mol. The molecule has 0 bridgehead atoms. The molecule has 1 saturated heterocycles. The number of anilines is 1. The molecule has 0 atom stereocenters. The predicted molar refractivity (Wildman–Crippen MR) is 119 cm³/mol. The van der Waals surface area contributed by atoms with Gasteiger partial charge in [0.15, 0.2) is 0 Å². The maximum Gasteiger partial charge on any atom is 0.352 e. The molecule has 9 heteroatoms. The summed E-state index contributed by atoms with van der Waals surface area (Å²) in [5.74, 6) is 1.39. The largest absolute Gasteiger partial charge is 0.473 e. The van der Waals surface area contributed by atoms with Gasteiger partial charge < -0.3 is 19.1 Å². The van der Waals surface area contributed by atoms with E-state index in [4.69, 9.17) is 14.2 Å². The van der Waals surface area contributed by atoms with Gasteiger partial charge in [-0.2, -0.15) is 10.2 Å². The molecule has 0 N–H and O–H groups in total. The van der Waals surface area contributed by atoms with Crippen molar-refractivity contribution in [3.05, 3.63) is 75.5 Å². The van der Waals surface area contributed by atoms with Gasteiger partial charge in [0.2, 0.25) is 5.88 Å². The number of rotatable bonds is 6. The third-order valence-electron chi connectivity index (χ3n) is 5.33. The Kier molecular flexibility index (Phi) is 6.56. The lowest BCUT2D eigenvalue weighted by atomic mass is 10.1. The quantitative estimate of drug-likeness (QED) is 0.569. The first-order chi connectivity index (χ1) is 15.9. The van der Waals surface area contributed by atoms with Gasteiger partial charge >= 0.3 is 5.69 Å². The summed E-state index contributed by atoms with van der Waals surface area (Å²) in [4.78, 5) is 18.3. The van der Waals surface area contributed by atoms with Gasteiger partial charge in [-0.3, -0.25) is 4.57 Å². The van der Waals surface area contributed by atoms with Crippen LogP contribution in [0.5, 0.6) is 17.4 Å². The molecule has 0 spiro atoms. The lowest BCUT2D eigenvalue weighted by Crippen LogP contribution is -2.39. The van der Waals surface area contributed by atoms with Crippen molar-refractivity contribution >= 4 is 5.82 Å². The van der Waals surface area contributed by atoms with Crippen LogP contribution in [0.1, 0.15) is 16.7 Å². The fraction of sp³-hybridized carbons (Fsp3) is 0.292. The first-order valence-corrected chi connectivity index (χ1v) is 10.4. The number of morpholine rings is 1. The highest BCUT2D eigenvalue weighted by atomic mass is 19.1. The molecule has 2 heterocycles. The van der Waals surface area contributed by atoms with E-state index < -0.39 is 5.69 Å². The third-order valence-corrected chi connectivity index (χ3v) is 5.33. The van der Waals surface area contributed by atoms with Crippen LogP contribution in [0.15, 0.2) is 47.3 Å². The molecule has 33 heavy (non-hydrogen) atoms. The third kappa shape index (κ3) is 5.13. The molecular formula is C24H23FN4O4. The number of aromatic nitrogens is 2. The van der Waals surface area contributed by atoms with Crippen molar-refractivity contribution in [3.63, 3.8) is 0 Å². The number of hydrogen-bond acceptors (Lipinski definition) is 7. The van der Waals surface area contributed by atoms with E-state index in [-0.39, 0.29) is 18.3 Å². The van der Waals surface area contributed by atoms with Crippen LogP contribution in [-0.2, 0) is 18.4 Å². The second-order valence-electron chi connectivity index (χ2n) is 7.64. The SMILES string of the molecule is Cc1cc(Oc2ccc(COc3cc(N4CCOCC4)n(C)c(=O)n3)cc2C#N)ccc1F. The number of halogens is 1. The Balaban J connectivity index is 1.49. The van der Waals surface area contributed by atoms with Gasteiger partial charge in [0.1, 0.15) is 35.8 Å². The summed E-state index contributed by atoms with van der Waals surface area (Å²) < 4.78 is 31.9. The maximum atomic E-state index is 13.5. The zero-order valence-electron chi connectivity index (χ0n) is 18.4. The number of nitriles is 1. The number of aryl methyl sites for hydroxylation is 1. The van der Waals surface area contributed by atoms with Gasteiger partial charge in [-0.25, -0.2) is 9.18 Å². The standard InChI is InChI=1S/C24H23FN4O4/c1-16-11-19(4-5-20(16)25)33-21-6-3-17(12-18(21)14-26)15-32-22-13-23(28(2)24(30)27-22)29-7-9-31-10-8-29/h3-6,11-13H,7-10,15H2,1-2H3. The van der Waals surface area contributed by atoms with Crippen molar-refractivity contribution in [1.29, 1.82) is 5.26 Å². The minimum atomic E-state index is -0.412. The van der Waals surface area contributed by atoms with Crippen molar-refractivity contribution in [3.8, 4) is 23.4 Å². The predicted octanol–water partition coefficient (Wildman–Crippen LogP) is 3.31. The van der Waals surface area contributed by atoms with Crippen LogP contribution < -0.4 is 20.1 Å². The first-order valence-electron chi connectivity index (χ1n) is 10.4. The van der Waals surface area contributed by atoms with Crippen molar-refractivity contribution in [2.75, 3.05) is 31.2 Å². The molecule has 1 aliphatic heterocycles. The molecule has 170 valence electrons. The topological polar surface area (TPSA) is 89.6 Å². The van der Waals surface area contributed by atoms with E-state index in [2.05, 4.69) is 16.0 Å². The molecule has 1 aliphatic rings. The zero-order chi connectivity index (χ0) is 23.4. The van der Waals surface area contributed by atoms with E-state index in [1.54, 1.807) is 44.3 Å². The second kappa shape index (κ2) is 9.71. The van der Waals surface area contributed by atoms with Gasteiger partial charge in [0.05, 0.1) is 18.8 Å². The molecule has 8 nitrogen and oxygen atoms in total. The van der Waals surface area contributed by atoms with Gasteiger partial charge in [0, 0.05) is 26.2 Å². The maximum absolute atomic E-state index is 13.5. The fourth-order valence-electron chi connectivity index (χ4n) is 3.48. The molecular weight excluding hydrogens is 427 g/mol. The zero-order valence-corrected chi connectivity index (χ0v) is 18.4. The molecule has 1 fully saturated rings. The van der Waals surface area contributed by atoms with Crippen LogP contribution in [0.25, 0.3) is 0 Å². The van der Waals surface area contributed by atoms with E-state index in [0.717, 1.165) is 0 Å². The Morgan fingerprint density at radius 1 is 1.18 bits per heavy atom. The summed E-state index contributed by atoms with van der Waals surface area (Å²) in [6, 6.07) is 13.3. The molecule has 0 radical (unpaired) electrons. The highest BCUT2D eigenvalue weighted by molar-refractivity contribution is 5.48. The van der Waals surface area contributed by atoms with Gasteiger partial charge in [0.25, 0.3) is 0 Å². The summed E-state index contributed by atoms with van der Waals surface area (Å²) in [7, 11) is 1.67. The molecule has 1 aromatic heterocycles. The summed E-state index contributed by atoms with van der Waals surface area (Å²) >= 11 is 0. The summed E-state index contributed by atoms with van der Waals surface area (Å²) in [5.41, 5.74) is 1.06. The fourth-order valence-corrected chi connectivity index (χ4v) is 3.48. The highest BCUT2D eigenvalue weighted by Gasteiger charge is 2.17.